The molecular formula is C16H18ClNO2. The van der Waals surface area contributed by atoms with Gasteiger partial charge in [-0.05, 0) is 35.4 Å². The Bertz CT molecular complexity index is 555. The normalized spacial score (nSPS) is 10.6. The minimum Gasteiger partial charge on any atom is -0.496 e. The van der Waals surface area contributed by atoms with Crippen molar-refractivity contribution in [2.45, 2.75) is 19.8 Å². The van der Waals surface area contributed by atoms with Gasteiger partial charge in [-0.15, -0.1) is 0 Å². The molecule has 0 bridgehead atoms. The van der Waals surface area contributed by atoms with Gasteiger partial charge < -0.3 is 15.2 Å². The number of hydrogen-bond acceptors (Lipinski definition) is 3. The van der Waals surface area contributed by atoms with E-state index in [2.05, 4.69) is 0 Å². The van der Waals surface area contributed by atoms with Gasteiger partial charge in [-0.25, -0.2) is 0 Å². The molecule has 20 heavy (non-hydrogen) atoms. The van der Waals surface area contributed by atoms with Crippen molar-refractivity contribution in [1.29, 1.82) is 0 Å². The molecule has 0 unspecified atom stereocenters. The van der Waals surface area contributed by atoms with Crippen LogP contribution in [0.4, 0.5) is 0 Å². The Morgan fingerprint density at radius 1 is 1.00 bits per heavy atom. The van der Waals surface area contributed by atoms with Gasteiger partial charge in [0.15, 0.2) is 0 Å². The summed E-state index contributed by atoms with van der Waals surface area (Å²) in [5, 5.41) is 0.728. The second kappa shape index (κ2) is 7.29. The van der Waals surface area contributed by atoms with Gasteiger partial charge in [-0.1, -0.05) is 29.8 Å². The number of rotatable bonds is 6. The maximum Gasteiger partial charge on any atom is 0.124 e. The summed E-state index contributed by atoms with van der Waals surface area (Å²) in [6.07, 6.45) is 0. The van der Waals surface area contributed by atoms with Crippen LogP contribution >= 0.6 is 11.6 Å². The summed E-state index contributed by atoms with van der Waals surface area (Å²) < 4.78 is 11.0. The van der Waals surface area contributed by atoms with E-state index in [0.717, 1.165) is 27.5 Å². The number of ether oxygens (including phenoxy) is 2. The first-order chi connectivity index (χ1) is 9.72. The summed E-state index contributed by atoms with van der Waals surface area (Å²) in [5.41, 5.74) is 8.81. The molecule has 0 heterocycles. The van der Waals surface area contributed by atoms with Crippen LogP contribution in [0.2, 0.25) is 5.02 Å². The quantitative estimate of drug-likeness (QED) is 0.885. The van der Waals surface area contributed by atoms with E-state index in [9.17, 15) is 0 Å². The largest absolute Gasteiger partial charge is 0.496 e. The molecule has 4 heteroatoms. The van der Waals surface area contributed by atoms with Gasteiger partial charge in [0.05, 0.1) is 20.3 Å². The highest BCUT2D eigenvalue weighted by molar-refractivity contribution is 6.30. The standard InChI is InChI=1S/C16H18ClNO2/c1-19-16-7-4-13(9-18)8-14(16)11-20-10-12-2-5-15(17)6-3-12/h2-8H,9-11,18H2,1H3. The van der Waals surface area contributed by atoms with Crippen LogP contribution in [0.15, 0.2) is 42.5 Å². The van der Waals surface area contributed by atoms with E-state index in [1.54, 1.807) is 7.11 Å². The van der Waals surface area contributed by atoms with E-state index < -0.39 is 0 Å². The second-order valence-corrected chi connectivity index (χ2v) is 4.91. The van der Waals surface area contributed by atoms with E-state index in [-0.39, 0.29) is 0 Å². The lowest BCUT2D eigenvalue weighted by atomic mass is 10.1. The summed E-state index contributed by atoms with van der Waals surface area (Å²) in [4.78, 5) is 0. The third kappa shape index (κ3) is 3.97. The Hall–Kier alpha value is -1.55. The lowest BCUT2D eigenvalue weighted by Crippen LogP contribution is -2.01. The molecule has 0 aliphatic heterocycles. The highest BCUT2D eigenvalue weighted by Gasteiger charge is 2.04. The maximum absolute atomic E-state index is 5.85. The molecule has 2 rings (SSSR count). The van der Waals surface area contributed by atoms with Crippen molar-refractivity contribution < 1.29 is 9.47 Å². The average Bonchev–Trinajstić information content (AvgIpc) is 2.49. The van der Waals surface area contributed by atoms with Crippen molar-refractivity contribution in [2.75, 3.05) is 7.11 Å². The molecule has 0 aromatic heterocycles. The minimum atomic E-state index is 0.486. The molecule has 0 radical (unpaired) electrons. The molecule has 0 atom stereocenters. The molecule has 2 aromatic carbocycles. The van der Waals surface area contributed by atoms with Gasteiger partial charge in [0, 0.05) is 17.1 Å². The third-order valence-corrected chi connectivity index (χ3v) is 3.27. The van der Waals surface area contributed by atoms with Crippen LogP contribution in [0.25, 0.3) is 0 Å². The Morgan fingerprint density at radius 2 is 1.70 bits per heavy atom. The van der Waals surface area contributed by atoms with Crippen LogP contribution in [0, 0.1) is 0 Å². The fourth-order valence-electron chi connectivity index (χ4n) is 1.93. The van der Waals surface area contributed by atoms with Gasteiger partial charge in [-0.3, -0.25) is 0 Å². The Morgan fingerprint density at radius 3 is 2.35 bits per heavy atom. The van der Waals surface area contributed by atoms with Crippen molar-refractivity contribution in [3.63, 3.8) is 0 Å². The molecular weight excluding hydrogens is 274 g/mol. The first-order valence-corrected chi connectivity index (χ1v) is 6.78. The zero-order valence-corrected chi connectivity index (χ0v) is 12.2. The third-order valence-electron chi connectivity index (χ3n) is 3.02. The molecule has 2 N–H and O–H groups in total. The SMILES string of the molecule is COc1ccc(CN)cc1COCc1ccc(Cl)cc1. The van der Waals surface area contributed by atoms with Gasteiger partial charge in [-0.2, -0.15) is 0 Å². The molecule has 0 aliphatic rings. The van der Waals surface area contributed by atoms with E-state index in [1.165, 1.54) is 0 Å². The number of halogens is 1. The monoisotopic (exact) mass is 291 g/mol. The molecule has 0 fully saturated rings. The smallest absolute Gasteiger partial charge is 0.124 e. The molecule has 0 saturated carbocycles. The summed E-state index contributed by atoms with van der Waals surface area (Å²) in [5.74, 6) is 0.818. The zero-order chi connectivity index (χ0) is 14.4. The van der Waals surface area contributed by atoms with Crippen LogP contribution in [-0.2, 0) is 24.5 Å². The lowest BCUT2D eigenvalue weighted by molar-refractivity contribution is 0.105. The van der Waals surface area contributed by atoms with E-state index in [4.69, 9.17) is 26.8 Å². The van der Waals surface area contributed by atoms with Crippen molar-refractivity contribution in [3.05, 3.63) is 64.2 Å². The van der Waals surface area contributed by atoms with Gasteiger partial charge in [0.25, 0.3) is 0 Å². The number of benzene rings is 2. The zero-order valence-electron chi connectivity index (χ0n) is 11.4. The summed E-state index contributed by atoms with van der Waals surface area (Å²) in [6.45, 7) is 1.53. The Labute approximate surface area is 124 Å². The molecule has 0 aliphatic carbocycles. The van der Waals surface area contributed by atoms with Crippen molar-refractivity contribution in [1.82, 2.24) is 0 Å². The fourth-order valence-corrected chi connectivity index (χ4v) is 2.06. The Balaban J connectivity index is 1.97. The second-order valence-electron chi connectivity index (χ2n) is 4.47. The summed E-state index contributed by atoms with van der Waals surface area (Å²) in [6, 6.07) is 13.5. The fraction of sp³-hybridized carbons (Fsp3) is 0.250. The van der Waals surface area contributed by atoms with E-state index >= 15 is 0 Å². The predicted octanol–water partition coefficient (Wildman–Crippen LogP) is 3.52. The molecule has 2 aromatic rings. The van der Waals surface area contributed by atoms with Gasteiger partial charge in [0.1, 0.15) is 5.75 Å². The molecule has 3 nitrogen and oxygen atoms in total. The van der Waals surface area contributed by atoms with Crippen LogP contribution in [0.1, 0.15) is 16.7 Å². The molecule has 106 valence electrons. The highest BCUT2D eigenvalue weighted by Crippen LogP contribution is 2.21. The predicted molar refractivity (Wildman–Crippen MR) is 80.8 cm³/mol. The van der Waals surface area contributed by atoms with Crippen LogP contribution in [-0.4, -0.2) is 7.11 Å². The molecule has 0 saturated heterocycles. The highest BCUT2D eigenvalue weighted by atomic mass is 35.5. The number of nitrogens with two attached hydrogens (primary N) is 1. The number of hydrogen-bond donors (Lipinski definition) is 1. The van der Waals surface area contributed by atoms with E-state index in [1.807, 2.05) is 42.5 Å². The van der Waals surface area contributed by atoms with E-state index in [0.29, 0.717) is 19.8 Å². The average molecular weight is 292 g/mol. The van der Waals surface area contributed by atoms with Crippen molar-refractivity contribution in [3.8, 4) is 5.75 Å². The van der Waals surface area contributed by atoms with Gasteiger partial charge >= 0.3 is 0 Å². The minimum absolute atomic E-state index is 0.486. The first-order valence-electron chi connectivity index (χ1n) is 6.41. The Kier molecular flexibility index (Phi) is 5.41. The lowest BCUT2D eigenvalue weighted by Gasteiger charge is -2.11. The van der Waals surface area contributed by atoms with Crippen molar-refractivity contribution >= 4 is 11.6 Å². The topological polar surface area (TPSA) is 44.5 Å². The first kappa shape index (κ1) is 14.9. The molecule has 0 amide bonds. The van der Waals surface area contributed by atoms with Crippen LogP contribution in [0.3, 0.4) is 0 Å². The molecule has 0 spiro atoms. The number of methoxy groups -OCH3 is 1. The van der Waals surface area contributed by atoms with Gasteiger partial charge in [0.2, 0.25) is 0 Å². The van der Waals surface area contributed by atoms with Crippen LogP contribution < -0.4 is 10.5 Å². The summed E-state index contributed by atoms with van der Waals surface area (Å²) in [7, 11) is 1.65. The maximum atomic E-state index is 5.85. The summed E-state index contributed by atoms with van der Waals surface area (Å²) >= 11 is 5.85. The van der Waals surface area contributed by atoms with Crippen LogP contribution in [0.5, 0.6) is 5.75 Å². The van der Waals surface area contributed by atoms with Crippen molar-refractivity contribution in [2.24, 2.45) is 5.73 Å².